The standard InChI is InChI=1S/C9H9ClN2.ClH/c1-6(10)9-11-7-4-2-3-5-8(7)12-9;/h2-6H,1H3,(H,11,12);1H. The lowest BCUT2D eigenvalue weighted by Crippen LogP contribution is -1.85. The van der Waals surface area contributed by atoms with Crippen molar-refractivity contribution in [2.24, 2.45) is 0 Å². The number of fused-ring (bicyclic) bond motifs is 1. The lowest BCUT2D eigenvalue weighted by atomic mass is 10.3. The topological polar surface area (TPSA) is 28.7 Å². The molecular weight excluding hydrogens is 207 g/mol. The molecule has 0 radical (unpaired) electrons. The summed E-state index contributed by atoms with van der Waals surface area (Å²) in [6, 6.07) is 7.90. The average molecular weight is 217 g/mol. The summed E-state index contributed by atoms with van der Waals surface area (Å²) in [6.07, 6.45) is 0. The molecule has 1 unspecified atom stereocenters. The molecular formula is C9H10Cl2N2. The molecule has 0 aliphatic heterocycles. The van der Waals surface area contributed by atoms with Gasteiger partial charge in [-0.25, -0.2) is 4.98 Å². The molecule has 0 amide bonds. The Bertz CT molecular complexity index is 362. The summed E-state index contributed by atoms with van der Waals surface area (Å²) < 4.78 is 0. The van der Waals surface area contributed by atoms with Gasteiger partial charge in [0.1, 0.15) is 5.82 Å². The summed E-state index contributed by atoms with van der Waals surface area (Å²) in [5.41, 5.74) is 2.01. The molecule has 70 valence electrons. The van der Waals surface area contributed by atoms with Gasteiger partial charge in [0.05, 0.1) is 16.4 Å². The van der Waals surface area contributed by atoms with Gasteiger partial charge in [-0.05, 0) is 19.1 Å². The van der Waals surface area contributed by atoms with Crippen LogP contribution in [0.3, 0.4) is 0 Å². The van der Waals surface area contributed by atoms with Gasteiger partial charge in [-0.1, -0.05) is 12.1 Å². The first-order valence-electron chi connectivity index (χ1n) is 3.86. The van der Waals surface area contributed by atoms with Crippen LogP contribution in [0.5, 0.6) is 0 Å². The summed E-state index contributed by atoms with van der Waals surface area (Å²) in [5.74, 6) is 0.831. The van der Waals surface area contributed by atoms with Crippen LogP contribution < -0.4 is 0 Å². The molecule has 1 aromatic heterocycles. The van der Waals surface area contributed by atoms with E-state index in [0.717, 1.165) is 16.9 Å². The van der Waals surface area contributed by atoms with Crippen molar-refractivity contribution in [3.8, 4) is 0 Å². The van der Waals surface area contributed by atoms with E-state index in [-0.39, 0.29) is 17.8 Å². The molecule has 0 fully saturated rings. The maximum absolute atomic E-state index is 5.88. The molecule has 0 bridgehead atoms. The predicted molar refractivity (Wildman–Crippen MR) is 57.6 cm³/mol. The number of aromatic nitrogens is 2. The van der Waals surface area contributed by atoms with Gasteiger partial charge in [-0.3, -0.25) is 0 Å². The number of aromatic amines is 1. The molecule has 13 heavy (non-hydrogen) atoms. The molecule has 1 heterocycles. The normalized spacial score (nSPS) is 12.5. The van der Waals surface area contributed by atoms with Gasteiger partial charge in [0.25, 0.3) is 0 Å². The Morgan fingerprint density at radius 3 is 2.69 bits per heavy atom. The van der Waals surface area contributed by atoms with Crippen molar-refractivity contribution in [1.29, 1.82) is 0 Å². The van der Waals surface area contributed by atoms with Crippen LogP contribution >= 0.6 is 24.0 Å². The monoisotopic (exact) mass is 216 g/mol. The largest absolute Gasteiger partial charge is 0.341 e. The number of H-pyrrole nitrogens is 1. The second-order valence-electron chi connectivity index (χ2n) is 2.76. The van der Waals surface area contributed by atoms with E-state index in [1.165, 1.54) is 0 Å². The van der Waals surface area contributed by atoms with Gasteiger partial charge in [0.2, 0.25) is 0 Å². The van der Waals surface area contributed by atoms with E-state index in [1.807, 2.05) is 31.2 Å². The van der Waals surface area contributed by atoms with Crippen LogP contribution in [0, 0.1) is 0 Å². The second kappa shape index (κ2) is 3.99. The first-order valence-corrected chi connectivity index (χ1v) is 4.30. The Kier molecular flexibility index (Phi) is 3.17. The fourth-order valence-electron chi connectivity index (χ4n) is 1.16. The maximum Gasteiger partial charge on any atom is 0.125 e. The van der Waals surface area contributed by atoms with E-state index >= 15 is 0 Å². The number of alkyl halides is 1. The minimum atomic E-state index is -0.0580. The van der Waals surface area contributed by atoms with E-state index in [2.05, 4.69) is 9.97 Å². The highest BCUT2D eigenvalue weighted by Crippen LogP contribution is 2.19. The number of nitrogens with one attached hydrogen (secondary N) is 1. The number of hydrogen-bond donors (Lipinski definition) is 1. The number of nitrogens with zero attached hydrogens (tertiary/aromatic N) is 1. The zero-order valence-corrected chi connectivity index (χ0v) is 8.69. The SMILES string of the molecule is CC(Cl)c1nc2ccccc2[nH]1.Cl. The molecule has 4 heteroatoms. The van der Waals surface area contributed by atoms with E-state index in [9.17, 15) is 0 Å². The summed E-state index contributed by atoms with van der Waals surface area (Å²) in [5, 5.41) is -0.0580. The predicted octanol–water partition coefficient (Wildman–Crippen LogP) is 3.28. The van der Waals surface area contributed by atoms with Crippen LogP contribution in [0.1, 0.15) is 18.1 Å². The first-order chi connectivity index (χ1) is 5.77. The average Bonchev–Trinajstić information content (AvgIpc) is 2.46. The number of benzene rings is 1. The van der Waals surface area contributed by atoms with Crippen LogP contribution in [0.25, 0.3) is 11.0 Å². The Hall–Kier alpha value is -0.730. The zero-order chi connectivity index (χ0) is 8.55. The minimum absolute atomic E-state index is 0. The Labute approximate surface area is 87.7 Å². The third-order valence-electron chi connectivity index (χ3n) is 1.78. The Morgan fingerprint density at radius 2 is 2.08 bits per heavy atom. The van der Waals surface area contributed by atoms with Crippen molar-refractivity contribution in [2.75, 3.05) is 0 Å². The summed E-state index contributed by atoms with van der Waals surface area (Å²) in [4.78, 5) is 7.48. The van der Waals surface area contributed by atoms with Crippen molar-refractivity contribution < 1.29 is 0 Å². The number of para-hydroxylation sites is 2. The van der Waals surface area contributed by atoms with E-state index in [0.29, 0.717) is 0 Å². The van der Waals surface area contributed by atoms with E-state index < -0.39 is 0 Å². The van der Waals surface area contributed by atoms with Crippen molar-refractivity contribution in [2.45, 2.75) is 12.3 Å². The van der Waals surface area contributed by atoms with Gasteiger partial charge in [0, 0.05) is 0 Å². The van der Waals surface area contributed by atoms with Gasteiger partial charge in [0.15, 0.2) is 0 Å². The first kappa shape index (κ1) is 10.4. The van der Waals surface area contributed by atoms with Crippen molar-refractivity contribution in [1.82, 2.24) is 9.97 Å². The van der Waals surface area contributed by atoms with Crippen molar-refractivity contribution >= 4 is 35.0 Å². The molecule has 1 N–H and O–H groups in total. The quantitative estimate of drug-likeness (QED) is 0.729. The van der Waals surface area contributed by atoms with E-state index in [4.69, 9.17) is 11.6 Å². The summed E-state index contributed by atoms with van der Waals surface area (Å²) >= 11 is 5.88. The summed E-state index contributed by atoms with van der Waals surface area (Å²) in [6.45, 7) is 1.90. The molecule has 2 nitrogen and oxygen atoms in total. The second-order valence-corrected chi connectivity index (χ2v) is 3.41. The van der Waals surface area contributed by atoms with Crippen LogP contribution in [0.2, 0.25) is 0 Å². The molecule has 0 spiro atoms. The molecule has 0 aliphatic rings. The van der Waals surface area contributed by atoms with Crippen LogP contribution in [-0.2, 0) is 0 Å². The minimum Gasteiger partial charge on any atom is -0.341 e. The molecule has 2 rings (SSSR count). The van der Waals surface area contributed by atoms with Crippen LogP contribution in [-0.4, -0.2) is 9.97 Å². The molecule has 2 aromatic rings. The molecule has 0 saturated carbocycles. The third kappa shape index (κ3) is 1.95. The highest BCUT2D eigenvalue weighted by molar-refractivity contribution is 6.20. The number of rotatable bonds is 1. The highest BCUT2D eigenvalue weighted by Gasteiger charge is 2.05. The van der Waals surface area contributed by atoms with Gasteiger partial charge < -0.3 is 4.98 Å². The van der Waals surface area contributed by atoms with Gasteiger partial charge >= 0.3 is 0 Å². The highest BCUT2D eigenvalue weighted by atomic mass is 35.5. The number of hydrogen-bond acceptors (Lipinski definition) is 1. The zero-order valence-electron chi connectivity index (χ0n) is 7.12. The Balaban J connectivity index is 0.000000845. The van der Waals surface area contributed by atoms with Gasteiger partial charge in [-0.2, -0.15) is 0 Å². The fourth-order valence-corrected chi connectivity index (χ4v) is 1.26. The Morgan fingerprint density at radius 1 is 1.38 bits per heavy atom. The molecule has 0 saturated heterocycles. The summed E-state index contributed by atoms with van der Waals surface area (Å²) in [7, 11) is 0. The van der Waals surface area contributed by atoms with Crippen LogP contribution in [0.4, 0.5) is 0 Å². The van der Waals surface area contributed by atoms with Crippen LogP contribution in [0.15, 0.2) is 24.3 Å². The third-order valence-corrected chi connectivity index (χ3v) is 1.99. The molecule has 0 aliphatic carbocycles. The van der Waals surface area contributed by atoms with E-state index in [1.54, 1.807) is 0 Å². The lowest BCUT2D eigenvalue weighted by Gasteiger charge is -1.93. The smallest absolute Gasteiger partial charge is 0.125 e. The number of imidazole rings is 1. The molecule has 1 aromatic carbocycles. The number of halogens is 2. The van der Waals surface area contributed by atoms with Gasteiger partial charge in [-0.15, -0.1) is 24.0 Å². The van der Waals surface area contributed by atoms with Crippen molar-refractivity contribution in [3.63, 3.8) is 0 Å². The molecule has 1 atom stereocenters. The lowest BCUT2D eigenvalue weighted by molar-refractivity contribution is 0.962. The maximum atomic E-state index is 5.88. The fraction of sp³-hybridized carbons (Fsp3) is 0.222. The van der Waals surface area contributed by atoms with Crippen molar-refractivity contribution in [3.05, 3.63) is 30.1 Å².